The average Bonchev–Trinajstić information content (AvgIpc) is 3.76. The zero-order valence-corrected chi connectivity index (χ0v) is 25.5. The van der Waals surface area contributed by atoms with Gasteiger partial charge >= 0.3 is 12.2 Å². The minimum absolute atomic E-state index is 0.0625. The Balaban J connectivity index is 1.49. The number of urea groups is 1. The molecule has 3 N–H and O–H groups in total. The van der Waals surface area contributed by atoms with Crippen molar-refractivity contribution in [3.05, 3.63) is 65.4 Å². The summed E-state index contributed by atoms with van der Waals surface area (Å²) < 4.78 is 73.7. The zero-order chi connectivity index (χ0) is 31.2. The number of amides is 2. The van der Waals surface area contributed by atoms with Crippen LogP contribution < -0.4 is 16.0 Å². The standard InChI is InChI=1S/C30H38F3N5O4S/c1-19-18-42-16-15-38(19)26-17-25(28(2,3)43(40,41)24-8-6-5-7-23(24)30(31,32)33)36-29(4,37-26)20-9-11-21(12-10-20)34-27(39)35-22-13-14-22/h5-11,17,19,21-22,36H,12-16,18H2,1-4H3,(H2,34,35,39)/t19-,21?,29?/m0/s1. The monoisotopic (exact) mass is 621 g/mol. The predicted molar refractivity (Wildman–Crippen MR) is 157 cm³/mol. The second-order valence-corrected chi connectivity index (χ2v) is 14.6. The van der Waals surface area contributed by atoms with Crippen molar-refractivity contribution in [3.63, 3.8) is 0 Å². The van der Waals surface area contributed by atoms with Crippen molar-refractivity contribution in [2.45, 2.75) is 86.6 Å². The van der Waals surface area contributed by atoms with Crippen LogP contribution in [0.5, 0.6) is 0 Å². The van der Waals surface area contributed by atoms with Gasteiger partial charge in [-0.2, -0.15) is 13.2 Å². The minimum Gasteiger partial charge on any atom is -0.377 e. The number of benzene rings is 1. The van der Waals surface area contributed by atoms with Crippen LogP contribution in [0.2, 0.25) is 0 Å². The van der Waals surface area contributed by atoms with Crippen LogP contribution in [0.25, 0.3) is 0 Å². The first-order valence-corrected chi connectivity index (χ1v) is 15.9. The molecule has 3 atom stereocenters. The summed E-state index contributed by atoms with van der Waals surface area (Å²) in [4.78, 5) is 18.5. The van der Waals surface area contributed by atoms with Crippen LogP contribution >= 0.6 is 0 Å². The van der Waals surface area contributed by atoms with Gasteiger partial charge in [0.25, 0.3) is 0 Å². The van der Waals surface area contributed by atoms with Crippen molar-refractivity contribution in [2.24, 2.45) is 4.99 Å². The van der Waals surface area contributed by atoms with Crippen LogP contribution in [0.15, 0.2) is 69.7 Å². The molecule has 0 aromatic heterocycles. The van der Waals surface area contributed by atoms with Crippen LogP contribution in [0.4, 0.5) is 18.0 Å². The molecule has 2 fully saturated rings. The number of halogens is 3. The van der Waals surface area contributed by atoms with E-state index in [0.29, 0.717) is 32.0 Å². The number of sulfone groups is 1. The second kappa shape index (κ2) is 11.3. The predicted octanol–water partition coefficient (Wildman–Crippen LogP) is 4.30. The number of amidine groups is 1. The molecule has 4 aliphatic rings. The van der Waals surface area contributed by atoms with E-state index in [4.69, 9.17) is 9.73 Å². The molecule has 0 bridgehead atoms. The highest BCUT2D eigenvalue weighted by atomic mass is 32.2. The van der Waals surface area contributed by atoms with Gasteiger partial charge in [-0.15, -0.1) is 0 Å². The number of nitrogens with zero attached hydrogens (tertiary/aromatic N) is 2. The highest BCUT2D eigenvalue weighted by Crippen LogP contribution is 2.41. The molecular formula is C30H38F3N5O4S. The SMILES string of the molecule is C[C@H]1COCCN1C1=NC(C)(C2=CCC(NC(=O)NC3CC3)C=C2)NC(C(C)(C)S(=O)(=O)c2ccccc2C(F)(F)F)=C1. The summed E-state index contributed by atoms with van der Waals surface area (Å²) in [5.74, 6) is 0.512. The summed E-state index contributed by atoms with van der Waals surface area (Å²) in [5.41, 5.74) is -1.40. The molecule has 2 aliphatic carbocycles. The van der Waals surface area contributed by atoms with E-state index in [1.54, 1.807) is 13.0 Å². The zero-order valence-electron chi connectivity index (χ0n) is 24.7. The maximum Gasteiger partial charge on any atom is 0.417 e. The van der Waals surface area contributed by atoms with Crippen LogP contribution in [0, 0.1) is 0 Å². The van der Waals surface area contributed by atoms with Crippen molar-refractivity contribution in [1.82, 2.24) is 20.9 Å². The van der Waals surface area contributed by atoms with Gasteiger partial charge in [-0.05, 0) is 64.7 Å². The first kappa shape index (κ1) is 31.1. The fraction of sp³-hybridized carbons (Fsp3) is 0.533. The Morgan fingerprint density at radius 3 is 2.53 bits per heavy atom. The van der Waals surface area contributed by atoms with Crippen molar-refractivity contribution in [2.75, 3.05) is 19.8 Å². The Hall–Kier alpha value is -3.32. The number of carbonyl (C=O) groups excluding carboxylic acids is 1. The largest absolute Gasteiger partial charge is 0.417 e. The summed E-state index contributed by atoms with van der Waals surface area (Å²) >= 11 is 0. The average molecular weight is 622 g/mol. The van der Waals surface area contributed by atoms with Crippen molar-refractivity contribution < 1.29 is 31.1 Å². The molecular weight excluding hydrogens is 583 g/mol. The summed E-state index contributed by atoms with van der Waals surface area (Å²) in [7, 11) is -4.57. The van der Waals surface area contributed by atoms with Gasteiger partial charge in [-0.1, -0.05) is 30.4 Å². The van der Waals surface area contributed by atoms with E-state index >= 15 is 0 Å². The van der Waals surface area contributed by atoms with Crippen molar-refractivity contribution in [3.8, 4) is 0 Å². The number of morpholine rings is 1. The van der Waals surface area contributed by atoms with E-state index in [-0.39, 0.29) is 29.9 Å². The number of aliphatic imine (C=N–C) groups is 1. The summed E-state index contributed by atoms with van der Waals surface area (Å²) in [6.07, 6.45) is 4.85. The Kier molecular flexibility index (Phi) is 8.18. The molecule has 2 heterocycles. The lowest BCUT2D eigenvalue weighted by Crippen LogP contribution is -2.56. The highest BCUT2D eigenvalue weighted by Gasteiger charge is 2.48. The number of nitrogens with one attached hydrogen (secondary N) is 3. The number of carbonyl (C=O) groups is 1. The molecule has 234 valence electrons. The van der Waals surface area contributed by atoms with Gasteiger partial charge in [0.15, 0.2) is 15.5 Å². The molecule has 13 heteroatoms. The molecule has 1 aromatic carbocycles. The maximum absolute atomic E-state index is 14.1. The third-order valence-corrected chi connectivity index (χ3v) is 10.8. The first-order chi connectivity index (χ1) is 20.1. The lowest BCUT2D eigenvalue weighted by molar-refractivity contribution is -0.139. The lowest BCUT2D eigenvalue weighted by Gasteiger charge is -2.44. The fourth-order valence-corrected chi connectivity index (χ4v) is 7.14. The number of hydrogen-bond acceptors (Lipinski definition) is 7. The smallest absolute Gasteiger partial charge is 0.377 e. The number of alkyl halides is 3. The van der Waals surface area contributed by atoms with Crippen LogP contribution in [0.3, 0.4) is 0 Å². The normalized spacial score (nSPS) is 26.6. The Labute approximate surface area is 250 Å². The van der Waals surface area contributed by atoms with E-state index in [0.717, 1.165) is 30.5 Å². The quantitative estimate of drug-likeness (QED) is 0.437. The van der Waals surface area contributed by atoms with E-state index in [1.807, 2.05) is 30.1 Å². The van der Waals surface area contributed by atoms with Gasteiger partial charge in [0.1, 0.15) is 10.6 Å². The van der Waals surface area contributed by atoms with Gasteiger partial charge < -0.3 is 25.6 Å². The number of rotatable bonds is 6. The summed E-state index contributed by atoms with van der Waals surface area (Å²) in [6.45, 7) is 8.01. The first-order valence-electron chi connectivity index (χ1n) is 14.4. The molecule has 0 radical (unpaired) electrons. The van der Waals surface area contributed by atoms with E-state index < -0.39 is 36.9 Å². The number of ether oxygens (including phenoxy) is 1. The maximum atomic E-state index is 14.1. The third-order valence-electron chi connectivity index (χ3n) is 8.34. The molecule has 43 heavy (non-hydrogen) atoms. The van der Waals surface area contributed by atoms with Crippen LogP contribution in [0.1, 0.15) is 52.5 Å². The summed E-state index contributed by atoms with van der Waals surface area (Å²) in [5, 5.41) is 9.13. The van der Waals surface area contributed by atoms with Gasteiger partial charge in [0, 0.05) is 24.4 Å². The molecule has 2 unspecified atom stereocenters. The van der Waals surface area contributed by atoms with Crippen LogP contribution in [-0.2, 0) is 20.8 Å². The minimum atomic E-state index is -4.85. The van der Waals surface area contributed by atoms with E-state index in [2.05, 4.69) is 16.0 Å². The van der Waals surface area contributed by atoms with Gasteiger partial charge in [0.05, 0.1) is 35.8 Å². The fourth-order valence-electron chi connectivity index (χ4n) is 5.46. The number of hydrogen-bond donors (Lipinski definition) is 3. The van der Waals surface area contributed by atoms with Crippen molar-refractivity contribution in [1.29, 1.82) is 0 Å². The van der Waals surface area contributed by atoms with E-state index in [1.165, 1.54) is 26.0 Å². The third kappa shape index (κ3) is 6.33. The highest BCUT2D eigenvalue weighted by molar-refractivity contribution is 7.93. The van der Waals surface area contributed by atoms with E-state index in [9.17, 15) is 26.4 Å². The van der Waals surface area contributed by atoms with Gasteiger partial charge in [0.2, 0.25) is 0 Å². The Morgan fingerprint density at radius 1 is 1.19 bits per heavy atom. The van der Waals surface area contributed by atoms with Gasteiger partial charge in [-0.3, -0.25) is 0 Å². The summed E-state index contributed by atoms with van der Waals surface area (Å²) in [6, 6.07) is 3.96. The van der Waals surface area contributed by atoms with Crippen molar-refractivity contribution >= 4 is 21.7 Å². The van der Waals surface area contributed by atoms with Crippen LogP contribution in [-0.4, -0.2) is 73.5 Å². The molecule has 5 rings (SSSR count). The molecule has 0 spiro atoms. The Morgan fingerprint density at radius 2 is 1.91 bits per heavy atom. The molecule has 1 saturated carbocycles. The molecule has 1 aromatic rings. The Bertz CT molecular complexity index is 1500. The molecule has 9 nitrogen and oxygen atoms in total. The molecule has 2 amide bonds. The topological polar surface area (TPSA) is 112 Å². The molecule has 2 aliphatic heterocycles. The van der Waals surface area contributed by atoms with Gasteiger partial charge in [-0.25, -0.2) is 18.2 Å². The lowest BCUT2D eigenvalue weighted by atomic mass is 9.91. The second-order valence-electron chi connectivity index (χ2n) is 12.1. The molecule has 1 saturated heterocycles.